The smallest absolute Gasteiger partial charge is 0.0143 e. The second kappa shape index (κ2) is 3.39. The molecule has 3 aliphatic carbocycles. The molecule has 0 radical (unpaired) electrons. The van der Waals surface area contributed by atoms with Crippen LogP contribution < -0.4 is 0 Å². The quantitative estimate of drug-likeness (QED) is 0.545. The van der Waals surface area contributed by atoms with Crippen LogP contribution in [0.5, 0.6) is 0 Å². The molecular formula is C17H28. The van der Waals surface area contributed by atoms with Gasteiger partial charge in [0.1, 0.15) is 0 Å². The van der Waals surface area contributed by atoms with E-state index in [1.807, 2.05) is 5.57 Å². The van der Waals surface area contributed by atoms with Crippen LogP contribution in [0.4, 0.5) is 0 Å². The summed E-state index contributed by atoms with van der Waals surface area (Å²) in [6.45, 7) is 12.5. The van der Waals surface area contributed by atoms with Crippen molar-refractivity contribution in [2.45, 2.75) is 66.7 Å². The van der Waals surface area contributed by atoms with E-state index in [0.29, 0.717) is 10.8 Å². The van der Waals surface area contributed by atoms with Gasteiger partial charge in [-0.1, -0.05) is 38.8 Å². The van der Waals surface area contributed by atoms with Crippen LogP contribution in [0.25, 0.3) is 0 Å². The largest absolute Gasteiger partial charge is 0.0707 e. The van der Waals surface area contributed by atoms with Crippen molar-refractivity contribution >= 4 is 0 Å². The van der Waals surface area contributed by atoms with E-state index in [-0.39, 0.29) is 0 Å². The van der Waals surface area contributed by atoms with Crippen LogP contribution in [0.3, 0.4) is 0 Å². The molecule has 0 amide bonds. The third kappa shape index (κ3) is 1.25. The Morgan fingerprint density at radius 3 is 2.59 bits per heavy atom. The number of hydrogen-bond acceptors (Lipinski definition) is 0. The van der Waals surface area contributed by atoms with Gasteiger partial charge < -0.3 is 0 Å². The summed E-state index contributed by atoms with van der Waals surface area (Å²) in [7, 11) is 0. The van der Waals surface area contributed by atoms with Crippen molar-refractivity contribution in [3.8, 4) is 0 Å². The first kappa shape index (κ1) is 11.8. The summed E-state index contributed by atoms with van der Waals surface area (Å²) in [5.74, 6) is 2.85. The van der Waals surface area contributed by atoms with E-state index in [0.717, 1.165) is 17.8 Å². The van der Waals surface area contributed by atoms with Gasteiger partial charge in [0.05, 0.1) is 0 Å². The molecule has 0 heterocycles. The summed E-state index contributed by atoms with van der Waals surface area (Å²) >= 11 is 0. The van der Waals surface area contributed by atoms with Crippen molar-refractivity contribution in [1.82, 2.24) is 0 Å². The molecular weight excluding hydrogens is 204 g/mol. The molecule has 1 spiro atoms. The minimum atomic E-state index is 0.561. The van der Waals surface area contributed by atoms with E-state index >= 15 is 0 Å². The Morgan fingerprint density at radius 1 is 1.24 bits per heavy atom. The van der Waals surface area contributed by atoms with Gasteiger partial charge in [-0.15, -0.1) is 0 Å². The minimum absolute atomic E-state index is 0.561. The lowest BCUT2D eigenvalue weighted by molar-refractivity contribution is 0.125. The van der Waals surface area contributed by atoms with Crippen molar-refractivity contribution in [2.75, 3.05) is 0 Å². The Morgan fingerprint density at radius 2 is 1.94 bits per heavy atom. The van der Waals surface area contributed by atoms with Gasteiger partial charge in [0.2, 0.25) is 0 Å². The lowest BCUT2D eigenvalue weighted by Crippen LogP contribution is -2.31. The van der Waals surface area contributed by atoms with Gasteiger partial charge in [0.25, 0.3) is 0 Å². The van der Waals surface area contributed by atoms with Crippen LogP contribution in [-0.4, -0.2) is 0 Å². The van der Waals surface area contributed by atoms with E-state index in [1.165, 1.54) is 32.1 Å². The molecule has 3 aliphatic rings. The topological polar surface area (TPSA) is 0 Å². The molecule has 96 valence electrons. The van der Waals surface area contributed by atoms with Crippen LogP contribution in [0.15, 0.2) is 11.1 Å². The lowest BCUT2D eigenvalue weighted by atomic mass is 9.66. The van der Waals surface area contributed by atoms with Crippen molar-refractivity contribution in [3.63, 3.8) is 0 Å². The van der Waals surface area contributed by atoms with Crippen LogP contribution >= 0.6 is 0 Å². The summed E-state index contributed by atoms with van der Waals surface area (Å²) < 4.78 is 0. The molecule has 2 fully saturated rings. The zero-order valence-corrected chi connectivity index (χ0v) is 12.3. The van der Waals surface area contributed by atoms with Crippen LogP contribution in [0.2, 0.25) is 0 Å². The molecule has 0 saturated heterocycles. The monoisotopic (exact) mass is 232 g/mol. The molecule has 0 aromatic carbocycles. The lowest BCUT2D eigenvalue weighted by Gasteiger charge is -2.39. The molecule has 0 nitrogen and oxygen atoms in total. The molecule has 0 aromatic rings. The first-order valence-corrected chi connectivity index (χ1v) is 7.62. The number of allylic oxidation sites excluding steroid dienone is 2. The van der Waals surface area contributed by atoms with Crippen LogP contribution in [0.1, 0.15) is 66.7 Å². The van der Waals surface area contributed by atoms with Crippen LogP contribution in [0, 0.1) is 28.6 Å². The maximum absolute atomic E-state index is 2.56. The third-order valence-electron chi connectivity index (χ3n) is 6.99. The molecule has 2 saturated carbocycles. The Bertz CT molecular complexity index is 373. The van der Waals surface area contributed by atoms with Crippen molar-refractivity contribution < 1.29 is 0 Å². The average molecular weight is 232 g/mol. The number of hydrogen-bond donors (Lipinski definition) is 0. The first-order valence-electron chi connectivity index (χ1n) is 7.62. The molecule has 3 rings (SSSR count). The Kier molecular flexibility index (Phi) is 2.36. The standard InChI is InChI=1S/C17H28/c1-6-13-9-17-10-14(12(13)3)16(4,5)15(17)8-7-11(17)2/h11,14-15H,6-10H2,1-5H3/t11-,14+,15+,17+/m1/s1. The molecule has 0 N–H and O–H groups in total. The maximum Gasteiger partial charge on any atom is -0.0143 e. The van der Waals surface area contributed by atoms with Gasteiger partial charge in [0, 0.05) is 0 Å². The predicted molar refractivity (Wildman–Crippen MR) is 73.8 cm³/mol. The summed E-state index contributed by atoms with van der Waals surface area (Å²) in [5.41, 5.74) is 4.83. The molecule has 0 aromatic heterocycles. The van der Waals surface area contributed by atoms with Gasteiger partial charge in [-0.2, -0.15) is 0 Å². The minimum Gasteiger partial charge on any atom is -0.0707 e. The summed E-state index contributed by atoms with van der Waals surface area (Å²) in [6.07, 6.45) is 7.20. The summed E-state index contributed by atoms with van der Waals surface area (Å²) in [5, 5.41) is 0. The first-order chi connectivity index (χ1) is 7.93. The van der Waals surface area contributed by atoms with Gasteiger partial charge in [-0.3, -0.25) is 0 Å². The van der Waals surface area contributed by atoms with Crippen molar-refractivity contribution in [3.05, 3.63) is 11.1 Å². The predicted octanol–water partition coefficient (Wildman–Crippen LogP) is 5.20. The average Bonchev–Trinajstić information content (AvgIpc) is 2.68. The van der Waals surface area contributed by atoms with Crippen LogP contribution in [-0.2, 0) is 0 Å². The molecule has 4 atom stereocenters. The van der Waals surface area contributed by atoms with E-state index in [4.69, 9.17) is 0 Å². The molecule has 17 heavy (non-hydrogen) atoms. The van der Waals surface area contributed by atoms with Gasteiger partial charge in [-0.05, 0) is 67.6 Å². The SMILES string of the molecule is CCC1=C(C)[C@@H]2C[C@@]3(C1)[C@H](C)CC[C@H]3C2(C)C. The molecule has 0 aliphatic heterocycles. The second-order valence-corrected chi connectivity index (χ2v) is 7.66. The molecule has 0 unspecified atom stereocenters. The van der Waals surface area contributed by atoms with Gasteiger partial charge in [0.15, 0.2) is 0 Å². The van der Waals surface area contributed by atoms with E-state index in [9.17, 15) is 0 Å². The fraction of sp³-hybridized carbons (Fsp3) is 0.882. The van der Waals surface area contributed by atoms with E-state index < -0.39 is 0 Å². The van der Waals surface area contributed by atoms with E-state index in [2.05, 4.69) is 34.6 Å². The summed E-state index contributed by atoms with van der Waals surface area (Å²) in [6, 6.07) is 0. The van der Waals surface area contributed by atoms with E-state index in [1.54, 1.807) is 5.57 Å². The fourth-order valence-corrected chi connectivity index (χ4v) is 5.94. The molecule has 0 heteroatoms. The Balaban J connectivity index is 2.12. The van der Waals surface area contributed by atoms with Gasteiger partial charge in [-0.25, -0.2) is 0 Å². The second-order valence-electron chi connectivity index (χ2n) is 7.66. The van der Waals surface area contributed by atoms with Crippen molar-refractivity contribution in [2.24, 2.45) is 28.6 Å². The van der Waals surface area contributed by atoms with Crippen molar-refractivity contribution in [1.29, 1.82) is 0 Å². The molecule has 2 bridgehead atoms. The zero-order valence-electron chi connectivity index (χ0n) is 12.3. The van der Waals surface area contributed by atoms with Gasteiger partial charge >= 0.3 is 0 Å². The highest BCUT2D eigenvalue weighted by Crippen LogP contribution is 2.72. The zero-order chi connectivity index (χ0) is 12.4. The number of fused-ring (bicyclic) bond motifs is 1. The highest BCUT2D eigenvalue weighted by Gasteiger charge is 2.63. The normalized spacial score (nSPS) is 47.5. The maximum atomic E-state index is 2.56. The highest BCUT2D eigenvalue weighted by atomic mass is 14.7. The fourth-order valence-electron chi connectivity index (χ4n) is 5.94. The highest BCUT2D eigenvalue weighted by molar-refractivity contribution is 5.31. The Hall–Kier alpha value is -0.260. The number of rotatable bonds is 1. The summed E-state index contributed by atoms with van der Waals surface area (Å²) in [4.78, 5) is 0. The third-order valence-corrected chi connectivity index (χ3v) is 6.99. The Labute approximate surface area is 107 Å².